The highest BCUT2D eigenvalue weighted by atomic mass is 32.1. The maximum atomic E-state index is 13.0. The van der Waals surface area contributed by atoms with Crippen molar-refractivity contribution < 1.29 is 19.1 Å². The standard InChI is InChI=1S/C25H27N3O5S/c1-5-7-14-33-24(30)20-16(3)21(25(31)32-13-6-2)34-22(20)26-15-19-17(4)27-28(23(19)29)18-11-9-8-10-12-18/h6,8-12,15,27H,2,5,7,13-14H2,1,3-4H3. The molecule has 0 spiro atoms. The first kappa shape index (κ1) is 24.9. The van der Waals surface area contributed by atoms with Gasteiger partial charge in [-0.3, -0.25) is 9.89 Å². The van der Waals surface area contributed by atoms with Gasteiger partial charge in [0, 0.05) is 11.9 Å². The fourth-order valence-corrected chi connectivity index (χ4v) is 4.23. The monoisotopic (exact) mass is 481 g/mol. The first-order valence-electron chi connectivity index (χ1n) is 10.9. The number of nitrogens with one attached hydrogen (secondary N) is 1. The van der Waals surface area contributed by atoms with E-state index in [-0.39, 0.29) is 34.2 Å². The quantitative estimate of drug-likeness (QED) is 0.192. The summed E-state index contributed by atoms with van der Waals surface area (Å²) >= 11 is 1.02. The number of aliphatic imine (C=N–C) groups is 1. The van der Waals surface area contributed by atoms with Gasteiger partial charge in [0.15, 0.2) is 0 Å². The van der Waals surface area contributed by atoms with E-state index in [1.54, 1.807) is 13.8 Å². The van der Waals surface area contributed by atoms with Crippen LogP contribution in [0.4, 0.5) is 5.00 Å². The smallest absolute Gasteiger partial charge is 0.348 e. The second kappa shape index (κ2) is 11.4. The van der Waals surface area contributed by atoms with E-state index >= 15 is 0 Å². The Morgan fingerprint density at radius 3 is 2.59 bits per heavy atom. The maximum absolute atomic E-state index is 13.0. The van der Waals surface area contributed by atoms with Crippen LogP contribution in [-0.2, 0) is 9.47 Å². The highest BCUT2D eigenvalue weighted by molar-refractivity contribution is 7.18. The molecule has 1 aromatic carbocycles. The van der Waals surface area contributed by atoms with E-state index in [1.165, 1.54) is 17.0 Å². The van der Waals surface area contributed by atoms with Crippen molar-refractivity contribution in [3.63, 3.8) is 0 Å². The number of carbonyl (C=O) groups is 2. The Bertz CT molecular complexity index is 1270. The van der Waals surface area contributed by atoms with Crippen molar-refractivity contribution in [1.29, 1.82) is 0 Å². The van der Waals surface area contributed by atoms with Gasteiger partial charge in [0.1, 0.15) is 22.0 Å². The molecule has 2 aromatic heterocycles. The van der Waals surface area contributed by atoms with Crippen LogP contribution >= 0.6 is 11.3 Å². The minimum atomic E-state index is -0.573. The van der Waals surface area contributed by atoms with Crippen LogP contribution in [0.2, 0.25) is 0 Å². The zero-order valence-electron chi connectivity index (χ0n) is 19.4. The molecule has 8 nitrogen and oxygen atoms in total. The molecule has 34 heavy (non-hydrogen) atoms. The third kappa shape index (κ3) is 5.43. The lowest BCUT2D eigenvalue weighted by Crippen LogP contribution is -2.17. The van der Waals surface area contributed by atoms with Crippen molar-refractivity contribution in [2.24, 2.45) is 4.99 Å². The predicted octanol–water partition coefficient (Wildman–Crippen LogP) is 4.89. The van der Waals surface area contributed by atoms with Crippen LogP contribution in [0.5, 0.6) is 0 Å². The Morgan fingerprint density at radius 2 is 1.91 bits per heavy atom. The topological polar surface area (TPSA) is 103 Å². The summed E-state index contributed by atoms with van der Waals surface area (Å²) in [5, 5.41) is 3.31. The molecule has 0 aliphatic carbocycles. The molecule has 0 saturated heterocycles. The van der Waals surface area contributed by atoms with E-state index in [2.05, 4.69) is 16.7 Å². The van der Waals surface area contributed by atoms with Gasteiger partial charge in [-0.15, -0.1) is 11.3 Å². The van der Waals surface area contributed by atoms with E-state index in [9.17, 15) is 14.4 Å². The van der Waals surface area contributed by atoms with Gasteiger partial charge in [-0.25, -0.2) is 19.3 Å². The van der Waals surface area contributed by atoms with Gasteiger partial charge < -0.3 is 9.47 Å². The van der Waals surface area contributed by atoms with Crippen molar-refractivity contribution in [2.45, 2.75) is 33.6 Å². The Morgan fingerprint density at radius 1 is 1.18 bits per heavy atom. The minimum Gasteiger partial charge on any atom is -0.462 e. The van der Waals surface area contributed by atoms with Crippen molar-refractivity contribution in [1.82, 2.24) is 9.78 Å². The number of unbranched alkanes of at least 4 members (excludes halogenated alkanes) is 1. The summed E-state index contributed by atoms with van der Waals surface area (Å²) in [6.45, 7) is 9.27. The fraction of sp³-hybridized carbons (Fsp3) is 0.280. The Labute approximate surface area is 201 Å². The summed E-state index contributed by atoms with van der Waals surface area (Å²) < 4.78 is 12.0. The zero-order valence-corrected chi connectivity index (χ0v) is 20.2. The number of esters is 2. The Hall–Kier alpha value is -3.72. The molecule has 0 atom stereocenters. The molecule has 0 radical (unpaired) electrons. The van der Waals surface area contributed by atoms with Crippen LogP contribution in [-0.4, -0.2) is 41.1 Å². The van der Waals surface area contributed by atoms with Crippen molar-refractivity contribution in [3.05, 3.63) is 80.6 Å². The van der Waals surface area contributed by atoms with Gasteiger partial charge >= 0.3 is 11.9 Å². The lowest BCUT2D eigenvalue weighted by molar-refractivity contribution is 0.0500. The first-order valence-corrected chi connectivity index (χ1v) is 11.7. The van der Waals surface area contributed by atoms with Crippen LogP contribution in [0, 0.1) is 13.8 Å². The molecule has 0 unspecified atom stereocenters. The van der Waals surface area contributed by atoms with Crippen LogP contribution in [0.25, 0.3) is 5.69 Å². The van der Waals surface area contributed by atoms with Gasteiger partial charge in [0.05, 0.1) is 17.9 Å². The molecule has 3 aromatic rings. The van der Waals surface area contributed by atoms with E-state index in [4.69, 9.17) is 9.47 Å². The van der Waals surface area contributed by atoms with Crippen LogP contribution in [0.3, 0.4) is 0 Å². The average Bonchev–Trinajstić information content (AvgIpc) is 3.32. The second-order valence-electron chi connectivity index (χ2n) is 7.50. The number of nitrogens with zero attached hydrogens (tertiary/aromatic N) is 2. The highest BCUT2D eigenvalue weighted by Crippen LogP contribution is 2.36. The molecule has 178 valence electrons. The summed E-state index contributed by atoms with van der Waals surface area (Å²) in [6, 6.07) is 9.16. The lowest BCUT2D eigenvalue weighted by Gasteiger charge is -2.05. The molecule has 9 heteroatoms. The van der Waals surface area contributed by atoms with Gasteiger partial charge in [-0.2, -0.15) is 0 Å². The van der Waals surface area contributed by atoms with Gasteiger partial charge in [-0.05, 0) is 38.0 Å². The first-order chi connectivity index (χ1) is 16.4. The molecule has 0 bridgehead atoms. The normalized spacial score (nSPS) is 11.0. The van der Waals surface area contributed by atoms with Crippen molar-refractivity contribution in [3.8, 4) is 5.69 Å². The van der Waals surface area contributed by atoms with Crippen LogP contribution in [0.1, 0.15) is 56.6 Å². The average molecular weight is 482 g/mol. The molecule has 3 rings (SSSR count). The molecular formula is C25H27N3O5S. The van der Waals surface area contributed by atoms with Gasteiger partial charge in [0.2, 0.25) is 0 Å². The minimum absolute atomic E-state index is 0.0482. The van der Waals surface area contributed by atoms with Crippen molar-refractivity contribution >= 4 is 34.5 Å². The van der Waals surface area contributed by atoms with E-state index in [1.807, 2.05) is 37.3 Å². The number of hydrogen-bond acceptors (Lipinski definition) is 7. The van der Waals surface area contributed by atoms with Crippen molar-refractivity contribution in [2.75, 3.05) is 13.2 Å². The van der Waals surface area contributed by atoms with Gasteiger partial charge in [0.25, 0.3) is 5.56 Å². The summed E-state index contributed by atoms with van der Waals surface area (Å²) in [6.07, 6.45) is 4.47. The molecule has 0 fully saturated rings. The Kier molecular flexibility index (Phi) is 8.37. The number of rotatable bonds is 10. The fourth-order valence-electron chi connectivity index (χ4n) is 3.20. The maximum Gasteiger partial charge on any atom is 0.348 e. The van der Waals surface area contributed by atoms with Crippen LogP contribution < -0.4 is 5.56 Å². The number of para-hydroxylation sites is 1. The molecule has 1 N–H and O–H groups in total. The summed E-state index contributed by atoms with van der Waals surface area (Å²) in [5.41, 5.74) is 1.99. The summed E-state index contributed by atoms with van der Waals surface area (Å²) in [7, 11) is 0. The molecule has 0 aliphatic heterocycles. The molecule has 0 aliphatic rings. The number of hydrogen-bond donors (Lipinski definition) is 1. The van der Waals surface area contributed by atoms with Crippen LogP contribution in [0.15, 0.2) is 52.8 Å². The number of benzene rings is 1. The second-order valence-corrected chi connectivity index (χ2v) is 8.50. The molecular weight excluding hydrogens is 454 g/mol. The molecule has 2 heterocycles. The third-order valence-electron chi connectivity index (χ3n) is 5.02. The number of aryl methyl sites for hydroxylation is 1. The molecule has 0 saturated carbocycles. The van der Waals surface area contributed by atoms with E-state index in [0.717, 1.165) is 24.2 Å². The number of H-pyrrole nitrogens is 1. The summed E-state index contributed by atoms with van der Waals surface area (Å²) in [4.78, 5) is 43.0. The van der Waals surface area contributed by atoms with E-state index < -0.39 is 11.9 Å². The van der Waals surface area contributed by atoms with E-state index in [0.29, 0.717) is 22.5 Å². The van der Waals surface area contributed by atoms with Gasteiger partial charge in [-0.1, -0.05) is 44.2 Å². The number of ether oxygens (including phenoxy) is 2. The summed E-state index contributed by atoms with van der Waals surface area (Å²) in [5.74, 6) is -1.14. The number of carbonyl (C=O) groups excluding carboxylic acids is 2. The highest BCUT2D eigenvalue weighted by Gasteiger charge is 2.26. The third-order valence-corrected chi connectivity index (χ3v) is 6.20. The number of aromatic nitrogens is 2. The predicted molar refractivity (Wildman–Crippen MR) is 133 cm³/mol. The SMILES string of the molecule is C=CCOC(=O)c1sc(N=Cc2c(C)[nH]n(-c3ccccc3)c2=O)c(C(=O)OCCCC)c1C. The largest absolute Gasteiger partial charge is 0.462 e. The zero-order chi connectivity index (χ0) is 24.7. The molecule has 0 amide bonds. The Balaban J connectivity index is 2.00. The number of thiophene rings is 1. The number of aromatic amines is 1. The lowest BCUT2D eigenvalue weighted by atomic mass is 10.1.